The van der Waals surface area contributed by atoms with E-state index in [-0.39, 0.29) is 62.5 Å². The molecule has 224 valence electrons. The number of halogens is 4. The molecule has 2 N–H and O–H groups in total. The monoisotopic (exact) mass is 653 g/mol. The number of esters is 1. The standard InChI is InChI=1S/C26H37N3O6.4FH.Zr/c1-21(2)26(34)35-20-6-4-3-5-13-27(14-9-18-28-16-7-11-22(30)24(28)32)15-10-19-29-17-8-12-23(31)25(29)33;;;;;/h7-8,11-12,16-17,30-31H,1,3-6,9-10,13-15,18-20H2,2H3;4*1H;/q;;;;;+4/p-4. The van der Waals surface area contributed by atoms with Crippen LogP contribution in [0.5, 0.6) is 11.5 Å². The van der Waals surface area contributed by atoms with E-state index < -0.39 is 11.1 Å². The molecule has 14 heteroatoms. The van der Waals surface area contributed by atoms with Crippen LogP contribution in [-0.2, 0) is 48.8 Å². The topological polar surface area (TPSA) is 114 Å². The number of nitrogens with zero attached hydrogens (tertiary/aromatic N) is 3. The zero-order valence-corrected chi connectivity index (χ0v) is 25.0. The van der Waals surface area contributed by atoms with Crippen molar-refractivity contribution in [3.63, 3.8) is 0 Å². The van der Waals surface area contributed by atoms with E-state index >= 15 is 0 Å². The van der Waals surface area contributed by atoms with Crippen LogP contribution in [0.15, 0.2) is 58.4 Å². The van der Waals surface area contributed by atoms with Crippen LogP contribution >= 0.6 is 0 Å². The summed E-state index contributed by atoms with van der Waals surface area (Å²) < 4.78 is 8.13. The molecular formula is C26H37F4N3O6Zr. The van der Waals surface area contributed by atoms with Crippen molar-refractivity contribution in [3.05, 3.63) is 69.5 Å². The van der Waals surface area contributed by atoms with Crippen LogP contribution in [0.2, 0.25) is 0 Å². The van der Waals surface area contributed by atoms with Gasteiger partial charge in [-0.25, -0.2) is 4.79 Å². The molecule has 0 aliphatic heterocycles. The Kier molecular flexibility index (Phi) is 26.7. The van der Waals surface area contributed by atoms with Gasteiger partial charge >= 0.3 is 32.2 Å². The number of aromatic hydroxyl groups is 2. The second-order valence-electron chi connectivity index (χ2n) is 8.66. The van der Waals surface area contributed by atoms with Gasteiger partial charge in [0.2, 0.25) is 0 Å². The van der Waals surface area contributed by atoms with Gasteiger partial charge in [-0.1, -0.05) is 19.4 Å². The third-order valence-corrected chi connectivity index (χ3v) is 5.70. The second-order valence-corrected chi connectivity index (χ2v) is 8.66. The molecule has 0 saturated heterocycles. The minimum absolute atomic E-state index is 0. The summed E-state index contributed by atoms with van der Waals surface area (Å²) in [5.41, 5.74) is -0.383. The maximum atomic E-state index is 12.0. The Morgan fingerprint density at radius 2 is 1.23 bits per heavy atom. The van der Waals surface area contributed by atoms with Crippen molar-refractivity contribution >= 4 is 5.97 Å². The predicted octanol–water partition coefficient (Wildman–Crippen LogP) is -9.10. The van der Waals surface area contributed by atoms with Gasteiger partial charge in [0.1, 0.15) is 0 Å². The molecule has 2 rings (SSSR count). The van der Waals surface area contributed by atoms with E-state index in [4.69, 9.17) is 4.74 Å². The number of hydrogen-bond donors (Lipinski definition) is 2. The molecule has 0 spiro atoms. The van der Waals surface area contributed by atoms with Crippen molar-refractivity contribution in [2.24, 2.45) is 0 Å². The Morgan fingerprint density at radius 1 is 0.800 bits per heavy atom. The quantitative estimate of drug-likeness (QED) is 0.0801. The minimum atomic E-state index is -0.394. The summed E-state index contributed by atoms with van der Waals surface area (Å²) in [6.45, 7) is 9.01. The predicted molar refractivity (Wildman–Crippen MR) is 135 cm³/mol. The number of carbonyl (C=O) groups is 1. The maximum absolute atomic E-state index is 12.0. The number of ether oxygens (including phenoxy) is 1. The van der Waals surface area contributed by atoms with Gasteiger partial charge < -0.3 is 47.8 Å². The van der Waals surface area contributed by atoms with Crippen molar-refractivity contribution in [1.82, 2.24) is 14.0 Å². The molecule has 0 saturated carbocycles. The number of rotatable bonds is 16. The minimum Gasteiger partial charge on any atom is -1.00 e. The molecule has 0 aromatic carbocycles. The Balaban J connectivity index is -0.00000130. The van der Waals surface area contributed by atoms with E-state index in [1.54, 1.807) is 31.5 Å². The summed E-state index contributed by atoms with van der Waals surface area (Å²) in [6, 6.07) is 6.06. The zero-order chi connectivity index (χ0) is 25.6. The molecule has 0 atom stereocenters. The van der Waals surface area contributed by atoms with Crippen LogP contribution in [-0.4, -0.2) is 56.5 Å². The van der Waals surface area contributed by atoms with Crippen molar-refractivity contribution in [2.75, 3.05) is 26.2 Å². The molecule has 2 heterocycles. The largest absolute Gasteiger partial charge is 4.00 e. The average molecular weight is 655 g/mol. The van der Waals surface area contributed by atoms with Crippen LogP contribution < -0.4 is 29.9 Å². The Morgan fingerprint density at radius 3 is 1.68 bits per heavy atom. The molecule has 0 bridgehead atoms. The molecule has 40 heavy (non-hydrogen) atoms. The Hall–Kier alpha value is -2.73. The summed E-state index contributed by atoms with van der Waals surface area (Å²) in [7, 11) is 0. The Labute approximate surface area is 250 Å². The summed E-state index contributed by atoms with van der Waals surface area (Å²) in [5, 5.41) is 19.2. The number of aryl methyl sites for hydroxylation is 2. The van der Waals surface area contributed by atoms with E-state index in [0.29, 0.717) is 25.3 Å². The van der Waals surface area contributed by atoms with Crippen LogP contribution in [0, 0.1) is 0 Å². The van der Waals surface area contributed by atoms with Gasteiger partial charge in [-0.3, -0.25) is 9.59 Å². The SMILES string of the molecule is C=C(C)C(=O)OCCCCCCN(CCCn1cccc(O)c1=O)CCCn1cccc(O)c1=O.[F-].[F-].[F-].[F-].[Zr+4]. The van der Waals surface area contributed by atoms with Crippen LogP contribution in [0.3, 0.4) is 0 Å². The molecule has 9 nitrogen and oxygen atoms in total. The van der Waals surface area contributed by atoms with Crippen LogP contribution in [0.25, 0.3) is 0 Å². The number of aromatic nitrogens is 2. The summed E-state index contributed by atoms with van der Waals surface area (Å²) in [5.74, 6) is -0.863. The third-order valence-electron chi connectivity index (χ3n) is 5.70. The normalized spacial score (nSPS) is 9.65. The fourth-order valence-corrected chi connectivity index (χ4v) is 3.74. The van der Waals surface area contributed by atoms with Gasteiger partial charge in [0.15, 0.2) is 11.5 Å². The van der Waals surface area contributed by atoms with E-state index in [9.17, 15) is 24.6 Å². The molecule has 0 fully saturated rings. The Bertz CT molecular complexity index is 1040. The average Bonchev–Trinajstić information content (AvgIpc) is 2.83. The summed E-state index contributed by atoms with van der Waals surface area (Å²) in [6.07, 6.45) is 8.56. The van der Waals surface area contributed by atoms with E-state index in [1.807, 2.05) is 0 Å². The second kappa shape index (κ2) is 24.1. The molecule has 0 aliphatic rings. The maximum Gasteiger partial charge on any atom is 4.00 e. The van der Waals surface area contributed by atoms with Crippen LogP contribution in [0.4, 0.5) is 0 Å². The fraction of sp³-hybridized carbons (Fsp3) is 0.500. The van der Waals surface area contributed by atoms with Gasteiger partial charge in [-0.05, 0) is 76.5 Å². The molecule has 0 aliphatic carbocycles. The van der Waals surface area contributed by atoms with E-state index in [0.717, 1.165) is 58.2 Å². The molecule has 2 aromatic rings. The summed E-state index contributed by atoms with van der Waals surface area (Å²) >= 11 is 0. The van der Waals surface area contributed by atoms with Gasteiger partial charge in [0, 0.05) is 31.1 Å². The number of carbonyl (C=O) groups excluding carboxylic acids is 1. The number of hydrogen-bond acceptors (Lipinski definition) is 7. The zero-order valence-electron chi connectivity index (χ0n) is 22.5. The van der Waals surface area contributed by atoms with Gasteiger partial charge in [0.05, 0.1) is 6.61 Å². The van der Waals surface area contributed by atoms with Crippen LogP contribution in [0.1, 0.15) is 45.4 Å². The molecule has 0 radical (unpaired) electrons. The first-order valence-electron chi connectivity index (χ1n) is 12.1. The molecular weight excluding hydrogens is 618 g/mol. The first-order chi connectivity index (χ1) is 16.8. The molecule has 0 amide bonds. The van der Waals surface area contributed by atoms with E-state index in [1.165, 1.54) is 21.3 Å². The van der Waals surface area contributed by atoms with Gasteiger partial charge in [0.25, 0.3) is 11.1 Å². The van der Waals surface area contributed by atoms with Crippen molar-refractivity contribution in [2.45, 2.75) is 58.5 Å². The third kappa shape index (κ3) is 15.8. The fourth-order valence-electron chi connectivity index (χ4n) is 3.74. The molecule has 2 aromatic heterocycles. The van der Waals surface area contributed by atoms with Crippen molar-refractivity contribution in [1.29, 1.82) is 0 Å². The van der Waals surface area contributed by atoms with Gasteiger partial charge in [-0.2, -0.15) is 0 Å². The van der Waals surface area contributed by atoms with E-state index in [2.05, 4.69) is 11.5 Å². The number of unbranched alkanes of at least 4 members (excludes halogenated alkanes) is 3. The van der Waals surface area contributed by atoms with Crippen molar-refractivity contribution < 1.29 is 64.8 Å². The smallest absolute Gasteiger partial charge is 1.00 e. The van der Waals surface area contributed by atoms with Crippen molar-refractivity contribution in [3.8, 4) is 11.5 Å². The van der Waals surface area contributed by atoms with Gasteiger partial charge in [-0.15, -0.1) is 0 Å². The molecule has 0 unspecified atom stereocenters. The first kappa shape index (κ1) is 44.3. The first-order valence-corrected chi connectivity index (χ1v) is 12.1. The number of pyridine rings is 2. The summed E-state index contributed by atoms with van der Waals surface area (Å²) in [4.78, 5) is 37.8.